The van der Waals surface area contributed by atoms with E-state index in [0.717, 1.165) is 11.3 Å². The Morgan fingerprint density at radius 2 is 1.76 bits per heavy atom. The van der Waals surface area contributed by atoms with E-state index in [1.54, 1.807) is 24.1 Å². The molecule has 33 heavy (non-hydrogen) atoms. The molecule has 0 fully saturated rings. The molecule has 0 amide bonds. The Bertz CT molecular complexity index is 1120. The van der Waals surface area contributed by atoms with Crippen molar-refractivity contribution >= 4 is 57.8 Å². The fraction of sp³-hybridized carbons (Fsp3) is 0.261. The number of allylic oxidation sites excluding steroid dienone is 1. The Labute approximate surface area is 205 Å². The highest BCUT2D eigenvalue weighted by atomic mass is 35.5. The number of hydrogen-bond donors (Lipinski definition) is 0. The van der Waals surface area contributed by atoms with Gasteiger partial charge in [0.05, 0.1) is 19.4 Å². The summed E-state index contributed by atoms with van der Waals surface area (Å²) in [7, 11) is 1.32. The normalized spacial score (nSPS) is 19.8. The summed E-state index contributed by atoms with van der Waals surface area (Å²) in [6.07, 6.45) is 0. The van der Waals surface area contributed by atoms with Gasteiger partial charge in [-0.3, -0.25) is 0 Å². The molecule has 0 unspecified atom stereocenters. The number of rotatable bonds is 6. The molecule has 0 saturated carbocycles. The molecular formula is C23H22ClN3O4S2. The lowest BCUT2D eigenvalue weighted by Gasteiger charge is -2.41. The first-order valence-electron chi connectivity index (χ1n) is 10.2. The molecule has 7 nitrogen and oxygen atoms in total. The smallest absolute Gasteiger partial charge is 0.365 e. The first kappa shape index (κ1) is 23.5. The number of anilines is 1. The highest BCUT2D eigenvalue weighted by Crippen LogP contribution is 2.59. The van der Waals surface area contributed by atoms with Crippen molar-refractivity contribution in [3.63, 3.8) is 0 Å². The Kier molecular flexibility index (Phi) is 6.92. The maximum Gasteiger partial charge on any atom is 0.365 e. The number of carbonyl (C=O) groups is 2. The summed E-state index contributed by atoms with van der Waals surface area (Å²) in [6, 6.07) is 17.1. The fourth-order valence-electron chi connectivity index (χ4n) is 3.52. The summed E-state index contributed by atoms with van der Waals surface area (Å²) in [5.41, 5.74) is 2.51. The van der Waals surface area contributed by atoms with E-state index in [1.807, 2.05) is 49.4 Å². The van der Waals surface area contributed by atoms with Gasteiger partial charge in [0.1, 0.15) is 4.91 Å². The number of methoxy groups -OCH3 is 1. The summed E-state index contributed by atoms with van der Waals surface area (Å²) in [5, 5.41) is 7.13. The van der Waals surface area contributed by atoms with E-state index >= 15 is 0 Å². The van der Waals surface area contributed by atoms with Gasteiger partial charge in [-0.15, -0.1) is 0 Å². The first-order chi connectivity index (χ1) is 15.9. The molecule has 0 bridgehead atoms. The molecule has 2 aliphatic rings. The van der Waals surface area contributed by atoms with Gasteiger partial charge in [0.15, 0.2) is 0 Å². The van der Waals surface area contributed by atoms with Crippen LogP contribution in [0.15, 0.2) is 70.3 Å². The standard InChI is InChI=1S/C23H22ClN3O4S2/c1-4-31-21(28)19-15(2)26(14-16-8-6-5-7-9-16)23(32-19)27(18-12-10-17(24)11-13-18)25-20(33-23)22(29)30-3/h5-13H,4,14H2,1-3H3/t23-/m0/s1. The number of thioether (sulfide) groups is 2. The van der Waals surface area contributed by atoms with E-state index in [1.165, 1.54) is 30.6 Å². The second-order valence-corrected chi connectivity index (χ2v) is 10.2. The van der Waals surface area contributed by atoms with Crippen LogP contribution >= 0.6 is 35.1 Å². The second kappa shape index (κ2) is 9.70. The van der Waals surface area contributed by atoms with E-state index in [0.29, 0.717) is 22.2 Å². The Balaban J connectivity index is 1.83. The first-order valence-corrected chi connectivity index (χ1v) is 12.2. The van der Waals surface area contributed by atoms with Crippen molar-refractivity contribution in [1.29, 1.82) is 0 Å². The third-order valence-electron chi connectivity index (χ3n) is 5.07. The van der Waals surface area contributed by atoms with Crippen LogP contribution in [0, 0.1) is 0 Å². The number of benzene rings is 2. The molecule has 172 valence electrons. The van der Waals surface area contributed by atoms with E-state index in [2.05, 4.69) is 10.0 Å². The van der Waals surface area contributed by atoms with Crippen molar-refractivity contribution in [3.05, 3.63) is 75.8 Å². The Morgan fingerprint density at radius 3 is 2.39 bits per heavy atom. The average Bonchev–Trinajstić information content (AvgIpc) is 3.34. The Hall–Kier alpha value is -2.62. The molecule has 1 atom stereocenters. The third kappa shape index (κ3) is 4.45. The van der Waals surface area contributed by atoms with Gasteiger partial charge in [0.2, 0.25) is 9.37 Å². The predicted octanol–water partition coefficient (Wildman–Crippen LogP) is 5.03. The van der Waals surface area contributed by atoms with Crippen molar-refractivity contribution < 1.29 is 19.1 Å². The number of halogens is 1. The van der Waals surface area contributed by atoms with Gasteiger partial charge >= 0.3 is 11.9 Å². The van der Waals surface area contributed by atoms with Gasteiger partial charge in [-0.05, 0) is 55.4 Å². The number of nitrogens with zero attached hydrogens (tertiary/aromatic N) is 3. The highest BCUT2D eigenvalue weighted by Gasteiger charge is 2.57. The van der Waals surface area contributed by atoms with Crippen molar-refractivity contribution in [2.75, 3.05) is 18.7 Å². The number of ether oxygens (including phenoxy) is 2. The van der Waals surface area contributed by atoms with Crippen LogP contribution in [0.5, 0.6) is 0 Å². The van der Waals surface area contributed by atoms with Gasteiger partial charge in [0.25, 0.3) is 0 Å². The lowest BCUT2D eigenvalue weighted by atomic mass is 10.2. The maximum atomic E-state index is 12.9. The minimum Gasteiger partial charge on any atom is -0.464 e. The molecule has 0 N–H and O–H groups in total. The van der Waals surface area contributed by atoms with Crippen molar-refractivity contribution in [2.24, 2.45) is 5.10 Å². The lowest BCUT2D eigenvalue weighted by molar-refractivity contribution is -0.137. The summed E-state index contributed by atoms with van der Waals surface area (Å²) in [6.45, 7) is 4.41. The number of carbonyl (C=O) groups excluding carboxylic acids is 2. The third-order valence-corrected chi connectivity index (χ3v) is 8.25. The largest absolute Gasteiger partial charge is 0.464 e. The predicted molar refractivity (Wildman–Crippen MR) is 133 cm³/mol. The van der Waals surface area contributed by atoms with Crippen molar-refractivity contribution in [1.82, 2.24) is 4.90 Å². The molecule has 2 heterocycles. The SMILES string of the molecule is CCOC(=O)C1=C(C)N(Cc2ccccc2)[C@@]2(SC(C(=O)OC)=NN2c2ccc(Cl)cc2)S1. The van der Waals surface area contributed by atoms with Crippen molar-refractivity contribution in [3.8, 4) is 0 Å². The fourth-order valence-corrected chi connectivity index (χ4v) is 6.59. The Morgan fingerprint density at radius 1 is 1.06 bits per heavy atom. The van der Waals surface area contributed by atoms with Crippen LogP contribution in [-0.2, 0) is 25.6 Å². The average molecular weight is 504 g/mol. The molecule has 2 aliphatic heterocycles. The van der Waals surface area contributed by atoms with Crippen LogP contribution in [0.2, 0.25) is 5.02 Å². The van der Waals surface area contributed by atoms with Crippen molar-refractivity contribution in [2.45, 2.75) is 24.7 Å². The molecule has 2 aromatic carbocycles. The van der Waals surface area contributed by atoms with Crippen LogP contribution in [0.3, 0.4) is 0 Å². The molecule has 0 saturated heterocycles. The molecule has 0 radical (unpaired) electrons. The maximum absolute atomic E-state index is 12.9. The second-order valence-electron chi connectivity index (χ2n) is 7.14. The van der Waals surface area contributed by atoms with E-state index in [-0.39, 0.29) is 11.7 Å². The van der Waals surface area contributed by atoms with Gasteiger partial charge in [0, 0.05) is 17.3 Å². The summed E-state index contributed by atoms with van der Waals surface area (Å²) in [4.78, 5) is 27.9. The van der Waals surface area contributed by atoms with Crippen LogP contribution < -0.4 is 5.01 Å². The van der Waals surface area contributed by atoms with Gasteiger partial charge < -0.3 is 14.4 Å². The van der Waals surface area contributed by atoms with Gasteiger partial charge in [-0.1, -0.05) is 53.7 Å². The quantitative estimate of drug-likeness (QED) is 0.508. The zero-order valence-corrected chi connectivity index (χ0v) is 20.7. The molecule has 1 spiro atoms. The van der Waals surface area contributed by atoms with E-state index in [4.69, 9.17) is 21.1 Å². The highest BCUT2D eigenvalue weighted by molar-refractivity contribution is 8.28. The van der Waals surface area contributed by atoms with Crippen LogP contribution in [0.4, 0.5) is 5.69 Å². The number of esters is 2. The zero-order valence-electron chi connectivity index (χ0n) is 18.3. The van der Waals surface area contributed by atoms with Crippen LogP contribution in [0.1, 0.15) is 19.4 Å². The summed E-state index contributed by atoms with van der Waals surface area (Å²) >= 11 is 8.66. The monoisotopic (exact) mass is 503 g/mol. The summed E-state index contributed by atoms with van der Waals surface area (Å²) in [5.74, 6) is -0.948. The molecule has 10 heteroatoms. The molecule has 4 rings (SSSR count). The van der Waals surface area contributed by atoms with E-state index < -0.39 is 16.3 Å². The summed E-state index contributed by atoms with van der Waals surface area (Å²) < 4.78 is 9.32. The lowest BCUT2D eigenvalue weighted by Crippen LogP contribution is -2.48. The van der Waals surface area contributed by atoms with Crippen LogP contribution in [-0.4, -0.2) is 39.9 Å². The molecular weight excluding hydrogens is 482 g/mol. The number of hydrazone groups is 1. The molecule has 0 aromatic heterocycles. The zero-order chi connectivity index (χ0) is 23.6. The number of hydrogen-bond acceptors (Lipinski definition) is 9. The minimum atomic E-state index is -0.973. The van der Waals surface area contributed by atoms with Gasteiger partial charge in [-0.2, -0.15) is 5.10 Å². The van der Waals surface area contributed by atoms with Gasteiger partial charge in [-0.25, -0.2) is 14.6 Å². The van der Waals surface area contributed by atoms with Crippen LogP contribution in [0.25, 0.3) is 0 Å². The van der Waals surface area contributed by atoms with E-state index in [9.17, 15) is 9.59 Å². The topological polar surface area (TPSA) is 71.4 Å². The minimum absolute atomic E-state index is 0.191. The molecule has 2 aromatic rings. The molecule has 0 aliphatic carbocycles.